The first-order chi connectivity index (χ1) is 14.8. The number of sulfonamides is 1. The fourth-order valence-corrected chi connectivity index (χ4v) is 5.84. The standard InChI is InChI=1S/C23H29N3O4S/c1-17-15-26(16-18(2)30-17)31(28,29)22-7-5-6-19(14-22)23(27)24-20-8-10-21(11-9-20)25-12-3-4-13-25/h5-11,14,17-18H,3-4,12-13,15-16H2,1-2H3,(H,24,27)/t17-,18+. The minimum Gasteiger partial charge on any atom is -0.373 e. The lowest BCUT2D eigenvalue weighted by atomic mass is 10.2. The molecule has 0 saturated carbocycles. The molecule has 1 N–H and O–H groups in total. The molecule has 0 aliphatic carbocycles. The number of carbonyl (C=O) groups excluding carboxylic acids is 1. The molecule has 0 unspecified atom stereocenters. The second-order valence-electron chi connectivity index (χ2n) is 8.30. The number of morpholine rings is 1. The van der Waals surface area contributed by atoms with E-state index in [-0.39, 0.29) is 23.0 Å². The van der Waals surface area contributed by atoms with Crippen LogP contribution in [0.25, 0.3) is 0 Å². The third-order valence-electron chi connectivity index (χ3n) is 5.72. The van der Waals surface area contributed by atoms with Crippen molar-refractivity contribution in [3.63, 3.8) is 0 Å². The van der Waals surface area contributed by atoms with Crippen molar-refractivity contribution in [2.24, 2.45) is 0 Å². The van der Waals surface area contributed by atoms with Crippen molar-refractivity contribution in [3.05, 3.63) is 54.1 Å². The Bertz CT molecular complexity index is 1020. The van der Waals surface area contributed by atoms with E-state index in [2.05, 4.69) is 10.2 Å². The van der Waals surface area contributed by atoms with E-state index in [1.54, 1.807) is 12.1 Å². The van der Waals surface area contributed by atoms with Crippen molar-refractivity contribution in [1.29, 1.82) is 0 Å². The monoisotopic (exact) mass is 443 g/mol. The molecule has 4 rings (SSSR count). The Kier molecular flexibility index (Phi) is 6.31. The molecule has 0 aromatic heterocycles. The average molecular weight is 444 g/mol. The molecule has 2 aromatic rings. The van der Waals surface area contributed by atoms with Crippen molar-refractivity contribution in [3.8, 4) is 0 Å². The van der Waals surface area contributed by atoms with Crippen LogP contribution in [0.4, 0.5) is 11.4 Å². The highest BCUT2D eigenvalue weighted by Gasteiger charge is 2.32. The van der Waals surface area contributed by atoms with Crippen LogP contribution >= 0.6 is 0 Å². The number of anilines is 2. The summed E-state index contributed by atoms with van der Waals surface area (Å²) < 4.78 is 33.3. The fourth-order valence-electron chi connectivity index (χ4n) is 4.21. The van der Waals surface area contributed by atoms with Gasteiger partial charge in [0.2, 0.25) is 10.0 Å². The van der Waals surface area contributed by atoms with Gasteiger partial charge in [0.05, 0.1) is 17.1 Å². The summed E-state index contributed by atoms with van der Waals surface area (Å²) in [4.78, 5) is 15.2. The maximum Gasteiger partial charge on any atom is 0.255 e. The maximum atomic E-state index is 13.1. The Labute approximate surface area is 184 Å². The lowest BCUT2D eigenvalue weighted by Crippen LogP contribution is -2.48. The molecule has 0 radical (unpaired) electrons. The molecule has 8 heteroatoms. The number of rotatable bonds is 5. The highest BCUT2D eigenvalue weighted by Crippen LogP contribution is 2.24. The van der Waals surface area contributed by atoms with Gasteiger partial charge in [0.1, 0.15) is 0 Å². The van der Waals surface area contributed by atoms with E-state index in [1.807, 2.05) is 38.1 Å². The molecule has 0 bridgehead atoms. The van der Waals surface area contributed by atoms with Crippen LogP contribution in [0, 0.1) is 0 Å². The van der Waals surface area contributed by atoms with Crippen molar-refractivity contribution < 1.29 is 17.9 Å². The van der Waals surface area contributed by atoms with Gasteiger partial charge < -0.3 is 15.0 Å². The van der Waals surface area contributed by atoms with Crippen LogP contribution in [0.5, 0.6) is 0 Å². The van der Waals surface area contributed by atoms with Crippen LogP contribution < -0.4 is 10.2 Å². The summed E-state index contributed by atoms with van der Waals surface area (Å²) in [5, 5.41) is 2.86. The molecule has 2 fully saturated rings. The normalized spacial score (nSPS) is 22.5. The van der Waals surface area contributed by atoms with Gasteiger partial charge >= 0.3 is 0 Å². The van der Waals surface area contributed by atoms with Crippen LogP contribution in [-0.4, -0.2) is 57.0 Å². The largest absolute Gasteiger partial charge is 0.373 e. The third-order valence-corrected chi connectivity index (χ3v) is 7.54. The Morgan fingerprint density at radius 2 is 1.65 bits per heavy atom. The average Bonchev–Trinajstić information content (AvgIpc) is 3.28. The Morgan fingerprint density at radius 1 is 1.00 bits per heavy atom. The summed E-state index contributed by atoms with van der Waals surface area (Å²) in [5.74, 6) is -0.338. The van der Waals surface area contributed by atoms with Crippen molar-refractivity contribution in [2.45, 2.75) is 43.8 Å². The molecular formula is C23H29N3O4S. The number of benzene rings is 2. The molecule has 2 aliphatic heterocycles. The molecule has 2 aliphatic rings. The van der Waals surface area contributed by atoms with Crippen LogP contribution in [0.2, 0.25) is 0 Å². The van der Waals surface area contributed by atoms with Gasteiger partial charge in [-0.2, -0.15) is 4.31 Å². The fraction of sp³-hybridized carbons (Fsp3) is 0.435. The molecule has 1 amide bonds. The predicted molar refractivity (Wildman–Crippen MR) is 121 cm³/mol. The number of hydrogen-bond donors (Lipinski definition) is 1. The van der Waals surface area contributed by atoms with E-state index in [0.29, 0.717) is 24.3 Å². The van der Waals surface area contributed by atoms with Crippen molar-refractivity contribution >= 4 is 27.3 Å². The zero-order valence-electron chi connectivity index (χ0n) is 18.0. The summed E-state index contributed by atoms with van der Waals surface area (Å²) in [7, 11) is -3.70. The lowest BCUT2D eigenvalue weighted by molar-refractivity contribution is -0.0440. The first kappa shape index (κ1) is 21.8. The van der Waals surface area contributed by atoms with Gasteiger partial charge in [-0.1, -0.05) is 6.07 Å². The third kappa shape index (κ3) is 4.92. The van der Waals surface area contributed by atoms with E-state index >= 15 is 0 Å². The van der Waals surface area contributed by atoms with Crippen LogP contribution in [0.15, 0.2) is 53.4 Å². The highest BCUT2D eigenvalue weighted by molar-refractivity contribution is 7.89. The number of ether oxygens (including phenoxy) is 1. The van der Waals surface area contributed by atoms with Gasteiger partial charge in [-0.3, -0.25) is 4.79 Å². The molecule has 2 aromatic carbocycles. The first-order valence-corrected chi connectivity index (χ1v) is 12.2. The molecular weight excluding hydrogens is 414 g/mol. The molecule has 31 heavy (non-hydrogen) atoms. The molecule has 7 nitrogen and oxygen atoms in total. The topological polar surface area (TPSA) is 79.0 Å². The summed E-state index contributed by atoms with van der Waals surface area (Å²) in [6.45, 7) is 6.44. The number of nitrogens with zero attached hydrogens (tertiary/aromatic N) is 2. The molecule has 166 valence electrons. The minimum absolute atomic E-state index is 0.117. The smallest absolute Gasteiger partial charge is 0.255 e. The molecule has 2 atom stereocenters. The highest BCUT2D eigenvalue weighted by atomic mass is 32.2. The summed E-state index contributed by atoms with van der Waals surface area (Å²) in [5.41, 5.74) is 2.13. The first-order valence-electron chi connectivity index (χ1n) is 10.7. The van der Waals surface area contributed by atoms with Gasteiger partial charge in [0, 0.05) is 43.1 Å². The zero-order chi connectivity index (χ0) is 22.0. The summed E-state index contributed by atoms with van der Waals surface area (Å²) >= 11 is 0. The molecule has 0 spiro atoms. The van der Waals surface area contributed by atoms with E-state index in [0.717, 1.165) is 18.8 Å². The van der Waals surface area contributed by atoms with Crippen LogP contribution in [0.1, 0.15) is 37.0 Å². The van der Waals surface area contributed by atoms with Gasteiger partial charge in [0.25, 0.3) is 5.91 Å². The van der Waals surface area contributed by atoms with E-state index in [1.165, 1.54) is 29.3 Å². The molecule has 2 saturated heterocycles. The molecule has 2 heterocycles. The van der Waals surface area contributed by atoms with Gasteiger partial charge in [-0.25, -0.2) is 8.42 Å². The predicted octanol–water partition coefficient (Wildman–Crippen LogP) is 3.34. The number of nitrogens with one attached hydrogen (secondary N) is 1. The van der Waals surface area contributed by atoms with Gasteiger partial charge in [-0.05, 0) is 69.2 Å². The zero-order valence-corrected chi connectivity index (χ0v) is 18.8. The van der Waals surface area contributed by atoms with Crippen molar-refractivity contribution in [1.82, 2.24) is 4.31 Å². The minimum atomic E-state index is -3.70. The number of carbonyl (C=O) groups is 1. The van der Waals surface area contributed by atoms with E-state index < -0.39 is 10.0 Å². The van der Waals surface area contributed by atoms with Gasteiger partial charge in [0.15, 0.2) is 0 Å². The second-order valence-corrected chi connectivity index (χ2v) is 10.2. The number of amides is 1. The Hall–Kier alpha value is -2.42. The van der Waals surface area contributed by atoms with E-state index in [4.69, 9.17) is 4.74 Å². The van der Waals surface area contributed by atoms with E-state index in [9.17, 15) is 13.2 Å². The quantitative estimate of drug-likeness (QED) is 0.767. The Morgan fingerprint density at radius 3 is 2.29 bits per heavy atom. The van der Waals surface area contributed by atoms with Crippen LogP contribution in [-0.2, 0) is 14.8 Å². The van der Waals surface area contributed by atoms with Crippen molar-refractivity contribution in [2.75, 3.05) is 36.4 Å². The Balaban J connectivity index is 1.48. The summed E-state index contributed by atoms with van der Waals surface area (Å²) in [6.07, 6.45) is 2.07. The lowest BCUT2D eigenvalue weighted by Gasteiger charge is -2.34. The number of hydrogen-bond acceptors (Lipinski definition) is 5. The summed E-state index contributed by atoms with van der Waals surface area (Å²) in [6, 6.07) is 14.0. The maximum absolute atomic E-state index is 13.1. The second kappa shape index (κ2) is 8.98. The SMILES string of the molecule is C[C@@H]1CN(S(=O)(=O)c2cccc(C(=O)Nc3ccc(N4CCCC4)cc3)c2)C[C@H](C)O1. The van der Waals surface area contributed by atoms with Crippen LogP contribution in [0.3, 0.4) is 0 Å². The van der Waals surface area contributed by atoms with Gasteiger partial charge in [-0.15, -0.1) is 0 Å².